The normalized spacial score (nSPS) is 13.4. The number of ether oxygens (including phenoxy) is 1. The second kappa shape index (κ2) is 7.25. The van der Waals surface area contributed by atoms with Crippen LogP contribution in [0.1, 0.15) is 36.5 Å². The number of hydrogen-bond donors (Lipinski definition) is 0. The van der Waals surface area contributed by atoms with Gasteiger partial charge in [0.05, 0.1) is 13.5 Å². The summed E-state index contributed by atoms with van der Waals surface area (Å²) in [6.45, 7) is 2.41. The molecule has 0 aromatic heterocycles. The first-order valence-electron chi connectivity index (χ1n) is 7.59. The zero-order valence-electron chi connectivity index (χ0n) is 12.9. The summed E-state index contributed by atoms with van der Waals surface area (Å²) in [6, 6.07) is 6.33. The molecule has 1 aliphatic rings. The fourth-order valence-corrected chi connectivity index (χ4v) is 2.78. The molecule has 0 saturated heterocycles. The zero-order valence-corrected chi connectivity index (χ0v) is 12.9. The summed E-state index contributed by atoms with van der Waals surface area (Å²) < 4.78 is 4.62. The Kier molecular flexibility index (Phi) is 5.37. The van der Waals surface area contributed by atoms with Crippen molar-refractivity contribution in [1.82, 2.24) is 4.90 Å². The SMILES string of the molecule is CCN(CC(=O)OC)C(=O)Cc1ccc2c(c1)CCCC2. The molecular weight excluding hydrogens is 266 g/mol. The summed E-state index contributed by atoms with van der Waals surface area (Å²) >= 11 is 0. The summed E-state index contributed by atoms with van der Waals surface area (Å²) in [5.41, 5.74) is 3.82. The van der Waals surface area contributed by atoms with Gasteiger partial charge in [0.15, 0.2) is 0 Å². The van der Waals surface area contributed by atoms with Gasteiger partial charge >= 0.3 is 5.97 Å². The Hall–Kier alpha value is -1.84. The van der Waals surface area contributed by atoms with Crippen LogP contribution in [0.3, 0.4) is 0 Å². The predicted molar refractivity (Wildman–Crippen MR) is 81.1 cm³/mol. The van der Waals surface area contributed by atoms with Gasteiger partial charge in [-0.15, -0.1) is 0 Å². The van der Waals surface area contributed by atoms with Crippen molar-refractivity contribution in [2.45, 2.75) is 39.0 Å². The van der Waals surface area contributed by atoms with E-state index >= 15 is 0 Å². The Morgan fingerprint density at radius 2 is 1.90 bits per heavy atom. The van der Waals surface area contributed by atoms with Crippen molar-refractivity contribution in [2.24, 2.45) is 0 Å². The smallest absolute Gasteiger partial charge is 0.325 e. The molecule has 0 radical (unpaired) electrons. The van der Waals surface area contributed by atoms with E-state index in [4.69, 9.17) is 0 Å². The molecule has 0 heterocycles. The molecule has 0 aliphatic heterocycles. The summed E-state index contributed by atoms with van der Waals surface area (Å²) in [7, 11) is 1.34. The number of amides is 1. The monoisotopic (exact) mass is 289 g/mol. The Labute approximate surface area is 126 Å². The maximum atomic E-state index is 12.3. The number of likely N-dealkylation sites (N-methyl/N-ethyl adjacent to an activating group) is 1. The van der Waals surface area contributed by atoms with Crippen LogP contribution >= 0.6 is 0 Å². The number of nitrogens with zero attached hydrogens (tertiary/aromatic N) is 1. The minimum absolute atomic E-state index is 0.0246. The lowest BCUT2D eigenvalue weighted by Crippen LogP contribution is -2.37. The molecule has 4 heteroatoms. The van der Waals surface area contributed by atoms with Crippen molar-refractivity contribution in [3.8, 4) is 0 Å². The van der Waals surface area contributed by atoms with Crippen LogP contribution in [0.2, 0.25) is 0 Å². The van der Waals surface area contributed by atoms with E-state index in [0.29, 0.717) is 13.0 Å². The third-order valence-corrected chi connectivity index (χ3v) is 4.05. The van der Waals surface area contributed by atoms with Crippen molar-refractivity contribution in [3.05, 3.63) is 34.9 Å². The molecule has 0 spiro atoms. The summed E-state index contributed by atoms with van der Waals surface area (Å²) in [4.78, 5) is 25.1. The molecule has 1 aromatic rings. The first kappa shape index (κ1) is 15.5. The second-order valence-corrected chi connectivity index (χ2v) is 5.47. The van der Waals surface area contributed by atoms with Crippen molar-refractivity contribution >= 4 is 11.9 Å². The highest BCUT2D eigenvalue weighted by Gasteiger charge is 2.17. The maximum absolute atomic E-state index is 12.3. The molecular formula is C17H23NO3. The van der Waals surface area contributed by atoms with Gasteiger partial charge in [-0.05, 0) is 49.3 Å². The van der Waals surface area contributed by atoms with Gasteiger partial charge in [0.1, 0.15) is 6.54 Å². The molecule has 4 nitrogen and oxygen atoms in total. The molecule has 0 unspecified atom stereocenters. The average molecular weight is 289 g/mol. The van der Waals surface area contributed by atoms with Crippen molar-refractivity contribution in [1.29, 1.82) is 0 Å². The standard InChI is InChI=1S/C17H23NO3/c1-3-18(12-17(20)21-2)16(19)11-13-8-9-14-6-4-5-7-15(14)10-13/h8-10H,3-7,11-12H2,1-2H3. The van der Waals surface area contributed by atoms with Crippen LogP contribution in [0.4, 0.5) is 0 Å². The molecule has 21 heavy (non-hydrogen) atoms. The van der Waals surface area contributed by atoms with E-state index in [0.717, 1.165) is 18.4 Å². The molecule has 0 atom stereocenters. The van der Waals surface area contributed by atoms with Crippen LogP contribution in [0.25, 0.3) is 0 Å². The highest BCUT2D eigenvalue weighted by Crippen LogP contribution is 2.22. The minimum Gasteiger partial charge on any atom is -0.468 e. The number of aryl methyl sites for hydroxylation is 2. The van der Waals surface area contributed by atoms with Gasteiger partial charge in [-0.1, -0.05) is 18.2 Å². The van der Waals surface area contributed by atoms with Gasteiger partial charge in [0.2, 0.25) is 5.91 Å². The van der Waals surface area contributed by atoms with Gasteiger partial charge in [-0.3, -0.25) is 9.59 Å². The molecule has 1 aliphatic carbocycles. The Morgan fingerprint density at radius 1 is 1.19 bits per heavy atom. The molecule has 114 valence electrons. The highest BCUT2D eigenvalue weighted by molar-refractivity contribution is 5.83. The molecule has 1 amide bonds. The van der Waals surface area contributed by atoms with Crippen LogP contribution < -0.4 is 0 Å². The lowest BCUT2D eigenvalue weighted by atomic mass is 9.90. The van der Waals surface area contributed by atoms with Crippen LogP contribution in [0, 0.1) is 0 Å². The summed E-state index contributed by atoms with van der Waals surface area (Å²) in [6.07, 6.45) is 5.09. The summed E-state index contributed by atoms with van der Waals surface area (Å²) in [5.74, 6) is -0.408. The van der Waals surface area contributed by atoms with Crippen molar-refractivity contribution in [3.63, 3.8) is 0 Å². The van der Waals surface area contributed by atoms with Crippen LogP contribution in [0.15, 0.2) is 18.2 Å². The first-order valence-corrected chi connectivity index (χ1v) is 7.59. The number of esters is 1. The lowest BCUT2D eigenvalue weighted by molar-refractivity contribution is -0.146. The summed E-state index contributed by atoms with van der Waals surface area (Å²) in [5, 5.41) is 0. The average Bonchev–Trinajstić information content (AvgIpc) is 2.52. The number of rotatable bonds is 5. The lowest BCUT2D eigenvalue weighted by Gasteiger charge is -2.20. The van der Waals surface area contributed by atoms with Crippen molar-refractivity contribution < 1.29 is 14.3 Å². The van der Waals surface area contributed by atoms with E-state index in [9.17, 15) is 9.59 Å². The van der Waals surface area contributed by atoms with Crippen LogP contribution in [0.5, 0.6) is 0 Å². The van der Waals surface area contributed by atoms with E-state index in [1.165, 1.54) is 36.0 Å². The highest BCUT2D eigenvalue weighted by atomic mass is 16.5. The predicted octanol–water partition coefficient (Wildman–Crippen LogP) is 2.13. The van der Waals surface area contributed by atoms with E-state index in [2.05, 4.69) is 16.9 Å². The number of benzene rings is 1. The number of carbonyl (C=O) groups excluding carboxylic acids is 2. The molecule has 0 fully saturated rings. The molecule has 0 saturated carbocycles. The number of fused-ring (bicyclic) bond motifs is 1. The van der Waals surface area contributed by atoms with Crippen LogP contribution in [-0.2, 0) is 33.6 Å². The van der Waals surface area contributed by atoms with Gasteiger partial charge in [-0.2, -0.15) is 0 Å². The maximum Gasteiger partial charge on any atom is 0.325 e. The van der Waals surface area contributed by atoms with Crippen molar-refractivity contribution in [2.75, 3.05) is 20.2 Å². The molecule has 2 rings (SSSR count). The van der Waals surface area contributed by atoms with E-state index in [1.54, 1.807) is 0 Å². The fraction of sp³-hybridized carbons (Fsp3) is 0.529. The molecule has 1 aromatic carbocycles. The van der Waals surface area contributed by atoms with Gasteiger partial charge < -0.3 is 9.64 Å². The quantitative estimate of drug-likeness (QED) is 0.780. The molecule has 0 bridgehead atoms. The van der Waals surface area contributed by atoms with E-state index in [-0.39, 0.29) is 18.4 Å². The van der Waals surface area contributed by atoms with Crippen LogP contribution in [-0.4, -0.2) is 37.0 Å². The Bertz CT molecular complexity index is 525. The third-order valence-electron chi connectivity index (χ3n) is 4.05. The zero-order chi connectivity index (χ0) is 15.2. The van der Waals surface area contributed by atoms with E-state index < -0.39 is 0 Å². The fourth-order valence-electron chi connectivity index (χ4n) is 2.78. The third kappa shape index (κ3) is 4.06. The number of hydrogen-bond acceptors (Lipinski definition) is 3. The first-order chi connectivity index (χ1) is 10.1. The number of carbonyl (C=O) groups is 2. The van der Waals surface area contributed by atoms with E-state index in [1.807, 2.05) is 13.0 Å². The Balaban J connectivity index is 2.02. The number of methoxy groups -OCH3 is 1. The Morgan fingerprint density at radius 3 is 2.57 bits per heavy atom. The second-order valence-electron chi connectivity index (χ2n) is 5.47. The topological polar surface area (TPSA) is 46.6 Å². The van der Waals surface area contributed by atoms with Gasteiger partial charge in [-0.25, -0.2) is 0 Å². The molecule has 0 N–H and O–H groups in total. The minimum atomic E-state index is -0.379. The largest absolute Gasteiger partial charge is 0.468 e. The van der Waals surface area contributed by atoms with Gasteiger partial charge in [0.25, 0.3) is 0 Å². The van der Waals surface area contributed by atoms with Gasteiger partial charge in [0, 0.05) is 6.54 Å².